The molecule has 1 amide bonds. The van der Waals surface area contributed by atoms with Crippen LogP contribution in [0, 0.1) is 0 Å². The maximum Gasteiger partial charge on any atom is 0.236 e. The van der Waals surface area contributed by atoms with Gasteiger partial charge in [0.25, 0.3) is 0 Å². The first-order chi connectivity index (χ1) is 7.82. The monoisotopic (exact) mass is 265 g/mol. The molecule has 0 fully saturated rings. The zero-order valence-corrected chi connectivity index (χ0v) is 11.8. The Kier molecular flexibility index (Phi) is 7.33. The van der Waals surface area contributed by atoms with Crippen LogP contribution in [0.5, 0.6) is 0 Å². The summed E-state index contributed by atoms with van der Waals surface area (Å²) < 4.78 is 23.9. The van der Waals surface area contributed by atoms with Crippen molar-refractivity contribution < 1.29 is 13.2 Å². The van der Waals surface area contributed by atoms with E-state index in [-0.39, 0.29) is 11.9 Å². The van der Waals surface area contributed by atoms with E-state index in [0.717, 1.165) is 0 Å². The Hall–Kier alpha value is -0.660. The van der Waals surface area contributed by atoms with E-state index >= 15 is 0 Å². The van der Waals surface area contributed by atoms with E-state index in [1.165, 1.54) is 10.6 Å². The molecular formula is C10H23N3O3S. The van der Waals surface area contributed by atoms with Gasteiger partial charge in [0.05, 0.1) is 12.3 Å². The van der Waals surface area contributed by atoms with Crippen LogP contribution in [-0.2, 0) is 14.8 Å². The van der Waals surface area contributed by atoms with E-state index in [0.29, 0.717) is 26.1 Å². The number of sulfonamides is 1. The largest absolute Gasteiger partial charge is 0.355 e. The number of nitrogens with one attached hydrogen (secondary N) is 2. The highest BCUT2D eigenvalue weighted by molar-refractivity contribution is 7.88. The summed E-state index contributed by atoms with van der Waals surface area (Å²) in [5, 5.41) is 5.57. The Morgan fingerprint density at radius 3 is 2.41 bits per heavy atom. The first-order valence-corrected chi connectivity index (χ1v) is 7.57. The molecule has 0 spiro atoms. The van der Waals surface area contributed by atoms with E-state index in [2.05, 4.69) is 10.6 Å². The molecule has 0 rings (SSSR count). The fourth-order valence-electron chi connectivity index (χ4n) is 1.31. The van der Waals surface area contributed by atoms with Crippen molar-refractivity contribution in [1.82, 2.24) is 14.9 Å². The highest BCUT2D eigenvalue weighted by Gasteiger charge is 2.14. The molecule has 0 bridgehead atoms. The zero-order valence-electron chi connectivity index (χ0n) is 11.0. The van der Waals surface area contributed by atoms with Gasteiger partial charge in [0.2, 0.25) is 15.9 Å². The molecule has 0 aromatic carbocycles. The third-order valence-electron chi connectivity index (χ3n) is 2.53. The van der Waals surface area contributed by atoms with Gasteiger partial charge in [-0.15, -0.1) is 0 Å². The van der Waals surface area contributed by atoms with Crippen molar-refractivity contribution >= 4 is 15.9 Å². The van der Waals surface area contributed by atoms with Gasteiger partial charge in [-0.3, -0.25) is 4.79 Å². The summed E-state index contributed by atoms with van der Waals surface area (Å²) in [7, 11) is -1.41. The topological polar surface area (TPSA) is 78.5 Å². The Bertz CT molecular complexity index is 330. The second-order valence-electron chi connectivity index (χ2n) is 3.91. The molecule has 0 saturated heterocycles. The van der Waals surface area contributed by atoms with Gasteiger partial charge in [-0.2, -0.15) is 0 Å². The number of amides is 1. The molecule has 1 unspecified atom stereocenters. The minimum absolute atomic E-state index is 0.0742. The van der Waals surface area contributed by atoms with Gasteiger partial charge < -0.3 is 10.6 Å². The van der Waals surface area contributed by atoms with Crippen LogP contribution < -0.4 is 10.6 Å². The molecule has 2 N–H and O–H groups in total. The average molecular weight is 265 g/mol. The van der Waals surface area contributed by atoms with Crippen LogP contribution >= 0.6 is 0 Å². The lowest BCUT2D eigenvalue weighted by Gasteiger charge is -2.18. The minimum Gasteiger partial charge on any atom is -0.355 e. The lowest BCUT2D eigenvalue weighted by Crippen LogP contribution is -2.41. The lowest BCUT2D eigenvalue weighted by atomic mass is 10.3. The molecule has 102 valence electrons. The molecule has 0 radical (unpaired) electrons. The number of hydrogen-bond donors (Lipinski definition) is 2. The van der Waals surface area contributed by atoms with Gasteiger partial charge in [-0.05, 0) is 20.4 Å². The standard InChI is InChI=1S/C10H23N3O3S/c1-5-13(17(4,15)16)8-6-7-12-10(14)9(2)11-3/h9,11H,5-8H2,1-4H3,(H,12,14). The Labute approximate surface area is 104 Å². The number of nitrogens with zero attached hydrogens (tertiary/aromatic N) is 1. The highest BCUT2D eigenvalue weighted by Crippen LogP contribution is 1.98. The Morgan fingerprint density at radius 2 is 2.00 bits per heavy atom. The van der Waals surface area contributed by atoms with Crippen LogP contribution in [0.25, 0.3) is 0 Å². The third-order valence-corrected chi connectivity index (χ3v) is 3.91. The van der Waals surface area contributed by atoms with Crippen LogP contribution in [0.3, 0.4) is 0 Å². The first-order valence-electron chi connectivity index (χ1n) is 5.73. The second kappa shape index (κ2) is 7.62. The predicted octanol–water partition coefficient (Wildman–Crippen LogP) is -0.618. The zero-order chi connectivity index (χ0) is 13.5. The van der Waals surface area contributed by atoms with Crippen LogP contribution in [0.1, 0.15) is 20.3 Å². The van der Waals surface area contributed by atoms with Gasteiger partial charge >= 0.3 is 0 Å². The quantitative estimate of drug-likeness (QED) is 0.574. The molecular weight excluding hydrogens is 242 g/mol. The molecule has 7 heteroatoms. The fraction of sp³-hybridized carbons (Fsp3) is 0.900. The van der Waals surface area contributed by atoms with Crippen molar-refractivity contribution in [3.63, 3.8) is 0 Å². The fourth-order valence-corrected chi connectivity index (χ4v) is 2.24. The maximum atomic E-state index is 11.4. The Balaban J connectivity index is 3.89. The molecule has 0 aliphatic heterocycles. The van der Waals surface area contributed by atoms with Crippen molar-refractivity contribution in [2.24, 2.45) is 0 Å². The molecule has 0 heterocycles. The summed E-state index contributed by atoms with van der Waals surface area (Å²) in [6, 6.07) is -0.229. The van der Waals surface area contributed by atoms with E-state index in [4.69, 9.17) is 0 Å². The summed E-state index contributed by atoms with van der Waals surface area (Å²) in [6.07, 6.45) is 1.81. The average Bonchev–Trinajstić information content (AvgIpc) is 2.25. The smallest absolute Gasteiger partial charge is 0.236 e. The highest BCUT2D eigenvalue weighted by atomic mass is 32.2. The predicted molar refractivity (Wildman–Crippen MR) is 68.2 cm³/mol. The van der Waals surface area contributed by atoms with Gasteiger partial charge in [0, 0.05) is 19.6 Å². The molecule has 0 saturated carbocycles. The lowest BCUT2D eigenvalue weighted by molar-refractivity contribution is -0.122. The number of carbonyl (C=O) groups excluding carboxylic acids is 1. The van der Waals surface area contributed by atoms with Crippen molar-refractivity contribution in [1.29, 1.82) is 0 Å². The summed E-state index contributed by atoms with van der Waals surface area (Å²) in [5.41, 5.74) is 0. The van der Waals surface area contributed by atoms with E-state index in [9.17, 15) is 13.2 Å². The molecule has 17 heavy (non-hydrogen) atoms. The van der Waals surface area contributed by atoms with Crippen LogP contribution in [0.4, 0.5) is 0 Å². The molecule has 0 aromatic rings. The molecule has 0 aromatic heterocycles. The van der Waals surface area contributed by atoms with Crippen LogP contribution in [0.2, 0.25) is 0 Å². The van der Waals surface area contributed by atoms with Crippen molar-refractivity contribution in [2.45, 2.75) is 26.3 Å². The summed E-state index contributed by atoms with van der Waals surface area (Å²) in [4.78, 5) is 11.4. The van der Waals surface area contributed by atoms with E-state index < -0.39 is 10.0 Å². The molecule has 0 aliphatic rings. The van der Waals surface area contributed by atoms with Gasteiger partial charge in [0.1, 0.15) is 0 Å². The molecule has 6 nitrogen and oxygen atoms in total. The molecule has 1 atom stereocenters. The number of rotatable bonds is 8. The second-order valence-corrected chi connectivity index (χ2v) is 5.89. The van der Waals surface area contributed by atoms with Crippen LogP contribution in [-0.4, -0.2) is 57.6 Å². The number of carbonyl (C=O) groups is 1. The minimum atomic E-state index is -3.13. The Morgan fingerprint density at radius 1 is 1.41 bits per heavy atom. The normalized spacial score (nSPS) is 13.7. The summed E-state index contributed by atoms with van der Waals surface area (Å²) in [5.74, 6) is -0.0742. The summed E-state index contributed by atoms with van der Waals surface area (Å²) >= 11 is 0. The third kappa shape index (κ3) is 6.60. The number of likely N-dealkylation sites (N-methyl/N-ethyl adjacent to an activating group) is 1. The van der Waals surface area contributed by atoms with Gasteiger partial charge in [-0.1, -0.05) is 6.92 Å². The summed E-state index contributed by atoms with van der Waals surface area (Å²) in [6.45, 7) is 4.94. The maximum absolute atomic E-state index is 11.4. The van der Waals surface area contributed by atoms with E-state index in [1.807, 2.05) is 0 Å². The first kappa shape index (κ1) is 16.3. The van der Waals surface area contributed by atoms with Crippen molar-refractivity contribution in [2.75, 3.05) is 32.9 Å². The van der Waals surface area contributed by atoms with Crippen LogP contribution in [0.15, 0.2) is 0 Å². The number of hydrogen-bond acceptors (Lipinski definition) is 4. The van der Waals surface area contributed by atoms with Gasteiger partial charge in [0.15, 0.2) is 0 Å². The SMILES string of the molecule is CCN(CCCNC(=O)C(C)NC)S(C)(=O)=O. The van der Waals surface area contributed by atoms with Gasteiger partial charge in [-0.25, -0.2) is 12.7 Å². The van der Waals surface area contributed by atoms with Crippen molar-refractivity contribution in [3.05, 3.63) is 0 Å². The molecule has 0 aliphatic carbocycles. The van der Waals surface area contributed by atoms with E-state index in [1.54, 1.807) is 20.9 Å². The van der Waals surface area contributed by atoms with Crippen molar-refractivity contribution in [3.8, 4) is 0 Å².